The number of benzene rings is 2. The van der Waals surface area contributed by atoms with E-state index in [4.69, 9.17) is 15.2 Å². The van der Waals surface area contributed by atoms with E-state index in [1.165, 1.54) is 0 Å². The summed E-state index contributed by atoms with van der Waals surface area (Å²) in [7, 11) is -1.34. The Morgan fingerprint density at radius 1 is 0.833 bits per heavy atom. The Labute approximate surface area is 105 Å². The Morgan fingerprint density at radius 2 is 1.28 bits per heavy atom. The Bertz CT molecular complexity index is 471. The predicted octanol–water partition coefficient (Wildman–Crippen LogP) is 0.751. The lowest BCUT2D eigenvalue weighted by Gasteiger charge is -1.94. The minimum atomic E-state index is -1.34. The van der Waals surface area contributed by atoms with Crippen LogP contribution in [0.5, 0.6) is 0 Å². The van der Waals surface area contributed by atoms with Crippen LogP contribution in [-0.4, -0.2) is 28.2 Å². The fourth-order valence-corrected chi connectivity index (χ4v) is 1.21. The summed E-state index contributed by atoms with van der Waals surface area (Å²) >= 11 is 0. The molecule has 0 unspecified atom stereocenters. The quantitative estimate of drug-likeness (QED) is 0.681. The molecule has 0 atom stereocenters. The summed E-state index contributed by atoms with van der Waals surface area (Å²) in [6.45, 7) is 0. The first-order chi connectivity index (χ1) is 8.61. The molecule has 0 aromatic heterocycles. The van der Waals surface area contributed by atoms with Crippen LogP contribution < -0.4 is 5.46 Å². The van der Waals surface area contributed by atoms with Crippen LogP contribution >= 0.6 is 0 Å². The maximum absolute atomic E-state index is 10.2. The summed E-state index contributed by atoms with van der Waals surface area (Å²) in [6.07, 6.45) is 0. The normalized spacial score (nSPS) is 9.00. The largest absolute Gasteiger partial charge is 0.488 e. The lowest BCUT2D eigenvalue weighted by Crippen LogP contribution is -2.29. The highest BCUT2D eigenvalue weighted by Gasteiger charge is 2.07. The van der Waals surface area contributed by atoms with E-state index in [-0.39, 0.29) is 0 Å². The van der Waals surface area contributed by atoms with E-state index in [1.807, 2.05) is 6.07 Å². The van der Waals surface area contributed by atoms with E-state index in [2.05, 4.69) is 0 Å². The molecule has 0 bridgehead atoms. The molecule has 0 spiro atoms. The predicted molar refractivity (Wildman–Crippen MR) is 69.7 cm³/mol. The minimum absolute atomic E-state index is 0.331. The minimum Gasteiger partial charge on any atom is -0.478 e. The molecule has 3 N–H and O–H groups in total. The van der Waals surface area contributed by atoms with Gasteiger partial charge in [0.15, 0.2) is 0 Å². The summed E-state index contributed by atoms with van der Waals surface area (Å²) < 4.78 is 0. The van der Waals surface area contributed by atoms with E-state index >= 15 is 0 Å². The number of aromatic carboxylic acids is 1. The highest BCUT2D eigenvalue weighted by molar-refractivity contribution is 6.58. The number of carboxylic acids is 1. The maximum atomic E-state index is 10.2. The Kier molecular flexibility index (Phi) is 5.63. The van der Waals surface area contributed by atoms with Crippen molar-refractivity contribution in [2.45, 2.75) is 0 Å². The molecule has 18 heavy (non-hydrogen) atoms. The van der Waals surface area contributed by atoms with Gasteiger partial charge in [0.1, 0.15) is 0 Å². The van der Waals surface area contributed by atoms with Crippen molar-refractivity contribution in [2.75, 3.05) is 0 Å². The van der Waals surface area contributed by atoms with E-state index in [1.54, 1.807) is 54.6 Å². The van der Waals surface area contributed by atoms with Crippen molar-refractivity contribution in [2.24, 2.45) is 0 Å². The molecule has 0 radical (unpaired) electrons. The number of carbonyl (C=O) groups is 1. The van der Waals surface area contributed by atoms with Crippen molar-refractivity contribution in [1.29, 1.82) is 0 Å². The van der Waals surface area contributed by atoms with Crippen LogP contribution in [0.2, 0.25) is 0 Å². The second-order valence-electron chi connectivity index (χ2n) is 3.46. The topological polar surface area (TPSA) is 77.8 Å². The van der Waals surface area contributed by atoms with Gasteiger partial charge in [-0.1, -0.05) is 48.5 Å². The average molecular weight is 244 g/mol. The fraction of sp³-hybridized carbons (Fsp3) is 0. The molecule has 0 heterocycles. The molecule has 92 valence electrons. The van der Waals surface area contributed by atoms with Crippen molar-refractivity contribution in [1.82, 2.24) is 0 Å². The van der Waals surface area contributed by atoms with E-state index < -0.39 is 13.1 Å². The summed E-state index contributed by atoms with van der Waals surface area (Å²) in [5.74, 6) is -0.879. The molecular weight excluding hydrogens is 231 g/mol. The Morgan fingerprint density at radius 3 is 1.56 bits per heavy atom. The van der Waals surface area contributed by atoms with Gasteiger partial charge in [-0.2, -0.15) is 0 Å². The molecule has 5 heteroatoms. The first kappa shape index (κ1) is 14.0. The lowest BCUT2D eigenvalue weighted by molar-refractivity contribution is 0.0697. The van der Waals surface area contributed by atoms with Gasteiger partial charge in [0.25, 0.3) is 0 Å². The van der Waals surface area contributed by atoms with Crippen LogP contribution in [0, 0.1) is 0 Å². The van der Waals surface area contributed by atoms with Gasteiger partial charge in [-0.15, -0.1) is 0 Å². The molecule has 2 aromatic carbocycles. The smallest absolute Gasteiger partial charge is 0.478 e. The number of hydrogen-bond acceptors (Lipinski definition) is 3. The monoisotopic (exact) mass is 244 g/mol. The highest BCUT2D eigenvalue weighted by atomic mass is 16.4. The van der Waals surface area contributed by atoms with Crippen molar-refractivity contribution in [3.05, 3.63) is 66.2 Å². The van der Waals surface area contributed by atoms with Gasteiger partial charge >= 0.3 is 13.1 Å². The van der Waals surface area contributed by atoms with Crippen LogP contribution in [-0.2, 0) is 0 Å². The standard InChI is InChI=1S/C7H6O2.C6H7BO2/c2*8-7(9)6-4-2-1-3-5-6/h1-5H,(H,8,9);1-5,8-9H. The molecule has 0 aliphatic carbocycles. The zero-order chi connectivity index (χ0) is 13.4. The van der Waals surface area contributed by atoms with Gasteiger partial charge in [-0.25, -0.2) is 4.79 Å². The molecule has 2 rings (SSSR count). The summed E-state index contributed by atoms with van der Waals surface area (Å²) in [5, 5.41) is 25.5. The number of hydrogen-bond donors (Lipinski definition) is 3. The molecule has 0 aliphatic heterocycles. The molecule has 0 amide bonds. The van der Waals surface area contributed by atoms with Crippen LogP contribution in [0.4, 0.5) is 0 Å². The van der Waals surface area contributed by atoms with Gasteiger partial charge in [0.05, 0.1) is 5.56 Å². The van der Waals surface area contributed by atoms with Crippen LogP contribution in [0.1, 0.15) is 10.4 Å². The number of rotatable bonds is 2. The third-order valence-corrected chi connectivity index (χ3v) is 2.12. The fourth-order valence-electron chi connectivity index (χ4n) is 1.21. The summed E-state index contributed by atoms with van der Waals surface area (Å²) in [5.41, 5.74) is 0.856. The van der Waals surface area contributed by atoms with Crippen molar-refractivity contribution >= 4 is 18.6 Å². The SMILES string of the molecule is O=C(O)c1ccccc1.OB(O)c1ccccc1. The Hall–Kier alpha value is -2.11. The van der Waals surface area contributed by atoms with Crippen molar-refractivity contribution < 1.29 is 19.9 Å². The second-order valence-corrected chi connectivity index (χ2v) is 3.46. The third-order valence-electron chi connectivity index (χ3n) is 2.12. The van der Waals surface area contributed by atoms with Crippen molar-refractivity contribution in [3.8, 4) is 0 Å². The molecule has 2 aromatic rings. The van der Waals surface area contributed by atoms with E-state index in [9.17, 15) is 4.79 Å². The van der Waals surface area contributed by atoms with Crippen LogP contribution in [0.15, 0.2) is 60.7 Å². The van der Waals surface area contributed by atoms with Gasteiger partial charge in [-0.3, -0.25) is 0 Å². The second kappa shape index (κ2) is 7.27. The van der Waals surface area contributed by atoms with Crippen molar-refractivity contribution in [3.63, 3.8) is 0 Å². The van der Waals surface area contributed by atoms with Gasteiger partial charge in [-0.05, 0) is 17.6 Å². The van der Waals surface area contributed by atoms with Crippen LogP contribution in [0.25, 0.3) is 0 Å². The average Bonchev–Trinajstić information content (AvgIpc) is 2.41. The lowest BCUT2D eigenvalue weighted by atomic mass is 9.81. The van der Waals surface area contributed by atoms with E-state index in [0.717, 1.165) is 0 Å². The highest BCUT2D eigenvalue weighted by Crippen LogP contribution is 1.96. The molecular formula is C13H13BO4. The first-order valence-electron chi connectivity index (χ1n) is 5.30. The molecule has 0 saturated heterocycles. The maximum Gasteiger partial charge on any atom is 0.488 e. The molecule has 0 saturated carbocycles. The molecule has 4 nitrogen and oxygen atoms in total. The molecule has 0 fully saturated rings. The van der Waals surface area contributed by atoms with Gasteiger partial charge in [0.2, 0.25) is 0 Å². The first-order valence-corrected chi connectivity index (χ1v) is 5.30. The summed E-state index contributed by atoms with van der Waals surface area (Å²) in [6, 6.07) is 17.0. The zero-order valence-electron chi connectivity index (χ0n) is 9.60. The molecule has 0 aliphatic rings. The number of carboxylic acid groups (broad SMARTS) is 1. The van der Waals surface area contributed by atoms with E-state index in [0.29, 0.717) is 11.0 Å². The zero-order valence-corrected chi connectivity index (χ0v) is 9.60. The Balaban J connectivity index is 0.000000180. The summed E-state index contributed by atoms with van der Waals surface area (Å²) in [4.78, 5) is 10.2. The van der Waals surface area contributed by atoms with Gasteiger partial charge < -0.3 is 15.2 Å². The van der Waals surface area contributed by atoms with Crippen LogP contribution in [0.3, 0.4) is 0 Å². The van der Waals surface area contributed by atoms with Gasteiger partial charge in [0, 0.05) is 0 Å². The third kappa shape index (κ3) is 4.82.